The van der Waals surface area contributed by atoms with Gasteiger partial charge in [0, 0.05) is 26.6 Å². The number of piperidine rings is 2. The van der Waals surface area contributed by atoms with Crippen molar-refractivity contribution in [1.29, 1.82) is 0 Å². The van der Waals surface area contributed by atoms with E-state index < -0.39 is 0 Å². The van der Waals surface area contributed by atoms with Gasteiger partial charge in [-0.25, -0.2) is 0 Å². The van der Waals surface area contributed by atoms with Crippen LogP contribution < -0.4 is 0 Å². The number of hydrogen-bond acceptors (Lipinski definition) is 2. The molecule has 4 heteroatoms. The first-order valence-corrected chi connectivity index (χ1v) is 9.08. The van der Waals surface area contributed by atoms with Crippen LogP contribution in [0.1, 0.15) is 49.8 Å². The summed E-state index contributed by atoms with van der Waals surface area (Å²) in [5, 5.41) is 0. The molecule has 0 N–H and O–H groups in total. The number of amides is 2. The quantitative estimate of drug-likeness (QED) is 0.837. The van der Waals surface area contributed by atoms with Crippen LogP contribution in [0.3, 0.4) is 0 Å². The minimum absolute atomic E-state index is 0.121. The zero-order valence-corrected chi connectivity index (χ0v) is 15.0. The molecule has 2 saturated heterocycles. The Labute approximate surface area is 144 Å². The molecule has 130 valence electrons. The highest BCUT2D eigenvalue weighted by Gasteiger charge is 2.40. The normalized spacial score (nSPS) is 25.9. The largest absolute Gasteiger partial charge is 0.342 e. The third kappa shape index (κ3) is 3.33. The lowest BCUT2D eigenvalue weighted by atomic mass is 9.83. The van der Waals surface area contributed by atoms with Crippen molar-refractivity contribution in [3.8, 4) is 0 Å². The van der Waals surface area contributed by atoms with Gasteiger partial charge in [-0.3, -0.25) is 9.59 Å². The molecular weight excluding hydrogens is 300 g/mol. The lowest BCUT2D eigenvalue weighted by molar-refractivity contribution is -0.147. The molecule has 2 fully saturated rings. The first kappa shape index (κ1) is 17.0. The zero-order chi connectivity index (χ0) is 17.3. The molecule has 0 saturated carbocycles. The molecule has 0 spiro atoms. The Hall–Kier alpha value is -1.84. The minimum atomic E-state index is -0.140. The van der Waals surface area contributed by atoms with Crippen LogP contribution in [0.5, 0.6) is 0 Å². The van der Waals surface area contributed by atoms with Gasteiger partial charge in [0.05, 0.1) is 12.0 Å². The number of rotatable bonds is 2. The van der Waals surface area contributed by atoms with Gasteiger partial charge in [-0.05, 0) is 37.7 Å². The highest BCUT2D eigenvalue weighted by molar-refractivity contribution is 5.85. The predicted molar refractivity (Wildman–Crippen MR) is 94.4 cm³/mol. The summed E-state index contributed by atoms with van der Waals surface area (Å²) in [4.78, 5) is 29.2. The van der Waals surface area contributed by atoms with Crippen LogP contribution in [0.4, 0.5) is 0 Å². The fourth-order valence-corrected chi connectivity index (χ4v) is 3.98. The summed E-state index contributed by atoms with van der Waals surface area (Å²) in [6.07, 6.45) is 3.30. The summed E-state index contributed by atoms with van der Waals surface area (Å²) in [5.74, 6) is 0.949. The maximum atomic E-state index is 13.2. The first-order chi connectivity index (χ1) is 11.5. The summed E-state index contributed by atoms with van der Waals surface area (Å²) in [6.45, 7) is 6.02. The average Bonchev–Trinajstić information content (AvgIpc) is 2.58. The van der Waals surface area contributed by atoms with Gasteiger partial charge in [-0.15, -0.1) is 0 Å². The molecule has 0 aliphatic carbocycles. The van der Waals surface area contributed by atoms with Crippen LogP contribution in [-0.4, -0.2) is 41.8 Å². The third-order valence-electron chi connectivity index (χ3n) is 5.69. The van der Waals surface area contributed by atoms with E-state index in [9.17, 15) is 9.59 Å². The third-order valence-corrected chi connectivity index (χ3v) is 5.69. The van der Waals surface area contributed by atoms with Crippen LogP contribution in [0.15, 0.2) is 24.3 Å². The van der Waals surface area contributed by atoms with Gasteiger partial charge in [0.15, 0.2) is 0 Å². The van der Waals surface area contributed by atoms with Crippen LogP contribution >= 0.6 is 0 Å². The minimum Gasteiger partial charge on any atom is -0.342 e. The number of nitrogens with zero attached hydrogens (tertiary/aromatic N) is 2. The molecule has 2 amide bonds. The van der Waals surface area contributed by atoms with E-state index in [1.807, 2.05) is 11.9 Å². The lowest BCUT2D eigenvalue weighted by Gasteiger charge is -2.41. The fraction of sp³-hybridized carbons (Fsp3) is 0.600. The number of hydrogen-bond donors (Lipinski definition) is 0. The Kier molecular flexibility index (Phi) is 4.93. The van der Waals surface area contributed by atoms with E-state index in [0.29, 0.717) is 18.8 Å². The van der Waals surface area contributed by atoms with E-state index >= 15 is 0 Å². The van der Waals surface area contributed by atoms with E-state index in [2.05, 4.69) is 38.1 Å². The summed E-state index contributed by atoms with van der Waals surface area (Å²) < 4.78 is 0. The Morgan fingerprint density at radius 1 is 1.08 bits per heavy atom. The Bertz CT molecular complexity index is 603. The molecule has 1 aromatic carbocycles. The summed E-state index contributed by atoms with van der Waals surface area (Å²) in [5.41, 5.74) is 2.26. The van der Waals surface area contributed by atoms with Crippen molar-refractivity contribution in [2.45, 2.75) is 45.6 Å². The summed E-state index contributed by atoms with van der Waals surface area (Å²) >= 11 is 0. The number of carbonyl (C=O) groups excluding carboxylic acids is 2. The van der Waals surface area contributed by atoms with E-state index in [1.54, 1.807) is 4.90 Å². The van der Waals surface area contributed by atoms with Crippen LogP contribution in [0.25, 0.3) is 0 Å². The Morgan fingerprint density at radius 2 is 1.71 bits per heavy atom. The van der Waals surface area contributed by atoms with Gasteiger partial charge in [0.25, 0.3) is 0 Å². The molecule has 3 rings (SSSR count). The predicted octanol–water partition coefficient (Wildman–Crippen LogP) is 3.16. The molecule has 2 aliphatic rings. The second kappa shape index (κ2) is 6.96. The second-order valence-electron chi connectivity index (χ2n) is 7.51. The fourth-order valence-electron chi connectivity index (χ4n) is 3.98. The standard InChI is InChI=1S/C20H28N2O2/c1-14-4-6-16(7-5-14)19-17(8-9-18(23)21(19)3)20(24)22-12-10-15(2)11-13-22/h4-7,15,17,19H,8-13H2,1-3H3/t17-,19-/m0/s1. The van der Waals surface area contributed by atoms with Crippen molar-refractivity contribution in [3.63, 3.8) is 0 Å². The van der Waals surface area contributed by atoms with Crippen LogP contribution in [0.2, 0.25) is 0 Å². The van der Waals surface area contributed by atoms with Gasteiger partial charge in [0.2, 0.25) is 11.8 Å². The van der Waals surface area contributed by atoms with Gasteiger partial charge >= 0.3 is 0 Å². The van der Waals surface area contributed by atoms with Crippen LogP contribution in [0, 0.1) is 18.8 Å². The zero-order valence-electron chi connectivity index (χ0n) is 15.0. The van der Waals surface area contributed by atoms with Crippen molar-refractivity contribution >= 4 is 11.8 Å². The smallest absolute Gasteiger partial charge is 0.228 e. The molecule has 24 heavy (non-hydrogen) atoms. The SMILES string of the molecule is Cc1ccc([C@H]2[C@@H](C(=O)N3CCC(C)CC3)CCC(=O)N2C)cc1. The second-order valence-corrected chi connectivity index (χ2v) is 7.51. The molecule has 0 radical (unpaired) electrons. The molecule has 0 bridgehead atoms. The molecule has 2 atom stereocenters. The van der Waals surface area contributed by atoms with E-state index in [-0.39, 0.29) is 23.8 Å². The monoisotopic (exact) mass is 328 g/mol. The number of carbonyl (C=O) groups is 2. The van der Waals surface area contributed by atoms with Crippen LogP contribution in [-0.2, 0) is 9.59 Å². The molecule has 2 aliphatic heterocycles. The van der Waals surface area contributed by atoms with E-state index in [4.69, 9.17) is 0 Å². The molecule has 4 nitrogen and oxygen atoms in total. The van der Waals surface area contributed by atoms with Crippen molar-refractivity contribution in [1.82, 2.24) is 9.80 Å². The maximum absolute atomic E-state index is 13.2. The van der Waals surface area contributed by atoms with Crippen molar-refractivity contribution in [3.05, 3.63) is 35.4 Å². The maximum Gasteiger partial charge on any atom is 0.228 e. The van der Waals surface area contributed by atoms with Crippen molar-refractivity contribution in [2.75, 3.05) is 20.1 Å². The van der Waals surface area contributed by atoms with Gasteiger partial charge < -0.3 is 9.80 Å². The molecule has 0 unspecified atom stereocenters. The number of benzene rings is 1. The van der Waals surface area contributed by atoms with E-state index in [1.165, 1.54) is 5.56 Å². The molecular formula is C20H28N2O2. The molecule has 2 heterocycles. The molecule has 0 aromatic heterocycles. The molecule has 1 aromatic rings. The first-order valence-electron chi connectivity index (χ1n) is 9.08. The summed E-state index contributed by atoms with van der Waals surface area (Å²) in [7, 11) is 1.84. The van der Waals surface area contributed by atoms with Gasteiger partial charge in [-0.1, -0.05) is 36.8 Å². The number of aryl methyl sites for hydroxylation is 1. The van der Waals surface area contributed by atoms with Crippen molar-refractivity contribution in [2.24, 2.45) is 11.8 Å². The van der Waals surface area contributed by atoms with Gasteiger partial charge in [0.1, 0.15) is 0 Å². The highest BCUT2D eigenvalue weighted by atomic mass is 16.2. The van der Waals surface area contributed by atoms with Crippen molar-refractivity contribution < 1.29 is 9.59 Å². The summed E-state index contributed by atoms with van der Waals surface area (Å²) in [6, 6.07) is 8.11. The average molecular weight is 328 g/mol. The van der Waals surface area contributed by atoms with Gasteiger partial charge in [-0.2, -0.15) is 0 Å². The van der Waals surface area contributed by atoms with E-state index in [0.717, 1.165) is 31.5 Å². The highest BCUT2D eigenvalue weighted by Crippen LogP contribution is 2.37. The Balaban J connectivity index is 1.84. The lowest BCUT2D eigenvalue weighted by Crippen LogP contribution is -2.49. The number of likely N-dealkylation sites (tertiary alicyclic amines) is 2. The topological polar surface area (TPSA) is 40.6 Å². The Morgan fingerprint density at radius 3 is 2.33 bits per heavy atom.